The van der Waals surface area contributed by atoms with Gasteiger partial charge in [-0.25, -0.2) is 0 Å². The maximum Gasteiger partial charge on any atom is 0.191 e. The predicted molar refractivity (Wildman–Crippen MR) is 147 cm³/mol. The van der Waals surface area contributed by atoms with E-state index in [1.807, 2.05) is 7.05 Å². The van der Waals surface area contributed by atoms with Crippen LogP contribution in [-0.2, 0) is 11.3 Å². The van der Waals surface area contributed by atoms with Crippen molar-refractivity contribution in [2.75, 3.05) is 67.1 Å². The third-order valence-electron chi connectivity index (χ3n) is 6.68. The van der Waals surface area contributed by atoms with Crippen LogP contribution in [0.5, 0.6) is 5.75 Å². The zero-order valence-corrected chi connectivity index (χ0v) is 23.1. The molecule has 8 heteroatoms. The molecule has 2 N–H and O–H groups in total. The molecule has 0 bridgehead atoms. The number of rotatable bonds is 10. The normalized spacial score (nSPS) is 19.1. The standard InChI is InChI=1S/C25H43N5O2.HI/c1-26-24(27-20-22-8-10-23(11-9-22)32-17-7-14-29(2)3)28-21-25(12-5-4-6-13-25)30-15-18-31-19-16-30;/h8-11H,4-7,12-21H2,1-3H3,(H2,26,27,28);1H. The highest BCUT2D eigenvalue weighted by molar-refractivity contribution is 14.0. The smallest absolute Gasteiger partial charge is 0.191 e. The van der Waals surface area contributed by atoms with E-state index in [1.54, 1.807) is 0 Å². The Hall–Kier alpha value is -1.10. The Morgan fingerprint density at radius 3 is 2.42 bits per heavy atom. The van der Waals surface area contributed by atoms with Crippen LogP contribution in [0, 0.1) is 0 Å². The summed E-state index contributed by atoms with van der Waals surface area (Å²) in [5.41, 5.74) is 1.44. The number of halogens is 1. The summed E-state index contributed by atoms with van der Waals surface area (Å²) in [5.74, 6) is 1.80. The Morgan fingerprint density at radius 1 is 1.09 bits per heavy atom. The Morgan fingerprint density at radius 2 is 1.79 bits per heavy atom. The second-order valence-electron chi connectivity index (χ2n) is 9.31. The number of nitrogens with zero attached hydrogens (tertiary/aromatic N) is 3. The summed E-state index contributed by atoms with van der Waals surface area (Å²) < 4.78 is 11.4. The van der Waals surface area contributed by atoms with Gasteiger partial charge in [0.15, 0.2) is 5.96 Å². The van der Waals surface area contributed by atoms with Crippen molar-refractivity contribution in [3.63, 3.8) is 0 Å². The number of hydrogen-bond acceptors (Lipinski definition) is 5. The van der Waals surface area contributed by atoms with E-state index in [1.165, 1.54) is 37.7 Å². The van der Waals surface area contributed by atoms with Crippen LogP contribution in [0.25, 0.3) is 0 Å². The highest BCUT2D eigenvalue weighted by Crippen LogP contribution is 2.33. The summed E-state index contributed by atoms with van der Waals surface area (Å²) in [6.07, 6.45) is 7.53. The minimum absolute atomic E-state index is 0. The van der Waals surface area contributed by atoms with Crippen LogP contribution in [0.15, 0.2) is 29.3 Å². The van der Waals surface area contributed by atoms with E-state index in [0.717, 1.165) is 70.7 Å². The van der Waals surface area contributed by atoms with Crippen LogP contribution in [-0.4, -0.2) is 88.4 Å². The first kappa shape index (κ1) is 28.1. The Balaban J connectivity index is 0.00000385. The fourth-order valence-electron chi connectivity index (χ4n) is 4.78. The molecule has 3 rings (SSSR count). The molecular formula is C25H44IN5O2. The lowest BCUT2D eigenvalue weighted by Crippen LogP contribution is -2.60. The van der Waals surface area contributed by atoms with Crippen LogP contribution >= 0.6 is 24.0 Å². The summed E-state index contributed by atoms with van der Waals surface area (Å²) in [7, 11) is 6.02. The number of aliphatic imine (C=N–C) groups is 1. The number of nitrogens with one attached hydrogen (secondary N) is 2. The SMILES string of the molecule is CN=C(NCc1ccc(OCCCN(C)C)cc1)NCC1(N2CCOCC2)CCCCC1.I. The van der Waals surface area contributed by atoms with Gasteiger partial charge in [0.2, 0.25) is 0 Å². The molecule has 0 spiro atoms. The molecule has 33 heavy (non-hydrogen) atoms. The van der Waals surface area contributed by atoms with E-state index in [4.69, 9.17) is 9.47 Å². The Bertz CT molecular complexity index is 687. The number of guanidine groups is 1. The maximum absolute atomic E-state index is 5.84. The molecule has 0 radical (unpaired) electrons. The molecule has 0 unspecified atom stereocenters. The number of morpholine rings is 1. The van der Waals surface area contributed by atoms with Crippen molar-refractivity contribution in [1.29, 1.82) is 0 Å². The highest BCUT2D eigenvalue weighted by Gasteiger charge is 2.38. The predicted octanol–water partition coefficient (Wildman–Crippen LogP) is 3.34. The van der Waals surface area contributed by atoms with Gasteiger partial charge in [-0.1, -0.05) is 31.4 Å². The minimum Gasteiger partial charge on any atom is -0.494 e. The third-order valence-corrected chi connectivity index (χ3v) is 6.68. The van der Waals surface area contributed by atoms with Crippen molar-refractivity contribution >= 4 is 29.9 Å². The van der Waals surface area contributed by atoms with E-state index < -0.39 is 0 Å². The van der Waals surface area contributed by atoms with Crippen LogP contribution in [0.3, 0.4) is 0 Å². The number of hydrogen-bond donors (Lipinski definition) is 2. The molecule has 1 saturated carbocycles. The first-order valence-corrected chi connectivity index (χ1v) is 12.3. The molecule has 2 fully saturated rings. The van der Waals surface area contributed by atoms with Gasteiger partial charge in [-0.3, -0.25) is 9.89 Å². The van der Waals surface area contributed by atoms with Crippen molar-refractivity contribution in [2.45, 2.75) is 50.6 Å². The molecular weight excluding hydrogens is 529 g/mol. The fourth-order valence-corrected chi connectivity index (χ4v) is 4.78. The van der Waals surface area contributed by atoms with Crippen molar-refractivity contribution in [3.8, 4) is 5.75 Å². The molecule has 1 aromatic carbocycles. The molecule has 1 saturated heterocycles. The van der Waals surface area contributed by atoms with E-state index >= 15 is 0 Å². The third kappa shape index (κ3) is 9.22. The lowest BCUT2D eigenvalue weighted by molar-refractivity contribution is -0.0352. The van der Waals surface area contributed by atoms with E-state index in [2.05, 4.69) is 63.8 Å². The van der Waals surface area contributed by atoms with Crippen LogP contribution in [0.1, 0.15) is 44.1 Å². The van der Waals surface area contributed by atoms with Crippen LogP contribution < -0.4 is 15.4 Å². The Labute approximate surface area is 217 Å². The highest BCUT2D eigenvalue weighted by atomic mass is 127. The van der Waals surface area contributed by atoms with Crippen molar-refractivity contribution in [2.24, 2.45) is 4.99 Å². The summed E-state index contributed by atoms with van der Waals surface area (Å²) in [4.78, 5) is 9.30. The van der Waals surface area contributed by atoms with E-state index in [-0.39, 0.29) is 29.5 Å². The molecule has 1 heterocycles. The van der Waals surface area contributed by atoms with Gasteiger partial charge in [0, 0.05) is 45.3 Å². The minimum atomic E-state index is 0. The first-order chi connectivity index (χ1) is 15.6. The van der Waals surface area contributed by atoms with Gasteiger partial charge in [-0.05, 0) is 51.1 Å². The van der Waals surface area contributed by atoms with Crippen LogP contribution in [0.4, 0.5) is 0 Å². The van der Waals surface area contributed by atoms with E-state index in [0.29, 0.717) is 0 Å². The maximum atomic E-state index is 5.84. The average molecular weight is 574 g/mol. The summed E-state index contributed by atoms with van der Waals surface area (Å²) in [6.45, 7) is 7.25. The molecule has 188 valence electrons. The molecule has 0 atom stereocenters. The fraction of sp³-hybridized carbons (Fsp3) is 0.720. The van der Waals surface area contributed by atoms with Crippen molar-refractivity contribution < 1.29 is 9.47 Å². The van der Waals surface area contributed by atoms with Gasteiger partial charge >= 0.3 is 0 Å². The summed E-state index contributed by atoms with van der Waals surface area (Å²) >= 11 is 0. The quantitative estimate of drug-likeness (QED) is 0.194. The van der Waals surface area contributed by atoms with Crippen LogP contribution in [0.2, 0.25) is 0 Å². The second kappa shape index (κ2) is 15.0. The summed E-state index contributed by atoms with van der Waals surface area (Å²) in [5, 5.41) is 7.11. The summed E-state index contributed by atoms with van der Waals surface area (Å²) in [6, 6.07) is 8.35. The number of ether oxygens (including phenoxy) is 2. The van der Waals surface area contributed by atoms with Gasteiger partial charge in [-0.2, -0.15) is 0 Å². The monoisotopic (exact) mass is 573 g/mol. The lowest BCUT2D eigenvalue weighted by atomic mass is 9.80. The molecule has 2 aliphatic rings. The average Bonchev–Trinajstić information content (AvgIpc) is 2.84. The second-order valence-corrected chi connectivity index (χ2v) is 9.31. The van der Waals surface area contributed by atoms with Crippen molar-refractivity contribution in [1.82, 2.24) is 20.4 Å². The molecule has 1 aliphatic heterocycles. The van der Waals surface area contributed by atoms with Gasteiger partial charge < -0.3 is 25.0 Å². The number of benzene rings is 1. The Kier molecular flexibility index (Phi) is 12.8. The van der Waals surface area contributed by atoms with Crippen molar-refractivity contribution in [3.05, 3.63) is 29.8 Å². The lowest BCUT2D eigenvalue weighted by Gasteiger charge is -2.48. The molecule has 1 aromatic rings. The van der Waals surface area contributed by atoms with Gasteiger partial charge in [0.25, 0.3) is 0 Å². The largest absolute Gasteiger partial charge is 0.494 e. The first-order valence-electron chi connectivity index (χ1n) is 12.3. The van der Waals surface area contributed by atoms with E-state index in [9.17, 15) is 0 Å². The molecule has 1 aliphatic carbocycles. The zero-order valence-electron chi connectivity index (χ0n) is 20.8. The topological polar surface area (TPSA) is 61.4 Å². The molecule has 0 amide bonds. The van der Waals surface area contributed by atoms with Gasteiger partial charge in [0.1, 0.15) is 5.75 Å². The molecule has 0 aromatic heterocycles. The van der Waals surface area contributed by atoms with Gasteiger partial charge in [-0.15, -0.1) is 24.0 Å². The zero-order chi connectivity index (χ0) is 22.7. The van der Waals surface area contributed by atoms with Gasteiger partial charge in [0.05, 0.1) is 19.8 Å². The molecule has 7 nitrogen and oxygen atoms in total.